The zero-order chi connectivity index (χ0) is 40.3. The number of ether oxygens (including phenoxy) is 2. The van der Waals surface area contributed by atoms with Crippen molar-refractivity contribution in [3.63, 3.8) is 0 Å². The first-order chi connectivity index (χ1) is 26.3. The van der Waals surface area contributed by atoms with E-state index in [0.717, 1.165) is 29.5 Å². The van der Waals surface area contributed by atoms with E-state index in [-0.39, 0.29) is 42.7 Å². The van der Waals surface area contributed by atoms with E-state index in [1.807, 2.05) is 11.8 Å². The molecule has 3 heterocycles. The molecule has 0 spiro atoms. The molecule has 6 N–H and O–H groups in total. The monoisotopic (exact) mass is 843 g/mol. The van der Waals surface area contributed by atoms with Crippen molar-refractivity contribution in [3.8, 4) is 0 Å². The fourth-order valence-corrected chi connectivity index (χ4v) is 9.85. The maximum Gasteiger partial charge on any atom is 0.481 e. The Hall–Kier alpha value is -1.27. The van der Waals surface area contributed by atoms with Crippen LogP contribution in [0.1, 0.15) is 136 Å². The number of nitrogens with zero attached hydrogens (tertiary/aromatic N) is 4. The Morgan fingerprint density at radius 1 is 0.873 bits per heavy atom. The third kappa shape index (κ3) is 17.2. The molecule has 1 aliphatic heterocycles. The summed E-state index contributed by atoms with van der Waals surface area (Å²) in [6.07, 6.45) is 14.2. The van der Waals surface area contributed by atoms with Crippen molar-refractivity contribution in [1.29, 1.82) is 0 Å². The van der Waals surface area contributed by atoms with Gasteiger partial charge in [-0.25, -0.2) is 14.1 Å². The SMILES string of the molecule is CCCCCCCCCCCCSC(CCCCCCC)C(C)OCCCOP(=O)(O)OP(=O)(O)OC[C@H]1O[C@@H](n2cnc3c(N)nc(F)nc32)[C@H](O)[C@@H]1O. The average molecular weight is 844 g/mol. The maximum atomic E-state index is 13.8. The summed E-state index contributed by atoms with van der Waals surface area (Å²) in [4.78, 5) is 31.2. The van der Waals surface area contributed by atoms with Crippen LogP contribution in [-0.2, 0) is 32.0 Å². The summed E-state index contributed by atoms with van der Waals surface area (Å²) in [5, 5.41) is 21.4. The van der Waals surface area contributed by atoms with Crippen molar-refractivity contribution in [1.82, 2.24) is 19.5 Å². The minimum absolute atomic E-state index is 0.0191. The number of aliphatic hydroxyl groups excluding tert-OH is 2. The molecule has 3 rings (SSSR count). The van der Waals surface area contributed by atoms with Gasteiger partial charge in [0.1, 0.15) is 18.3 Å². The molecule has 0 radical (unpaired) electrons. The zero-order valence-electron chi connectivity index (χ0n) is 32.6. The quantitative estimate of drug-likeness (QED) is 0.0279. The number of fused-ring (bicyclic) bond motifs is 1. The van der Waals surface area contributed by atoms with Crippen LogP contribution in [0.15, 0.2) is 6.33 Å². The van der Waals surface area contributed by atoms with Gasteiger partial charge in [-0.15, -0.1) is 0 Å². The van der Waals surface area contributed by atoms with E-state index in [0.29, 0.717) is 5.25 Å². The first-order valence-corrected chi connectivity index (χ1v) is 23.9. The van der Waals surface area contributed by atoms with Crippen LogP contribution in [-0.4, -0.2) is 94.8 Å². The lowest BCUT2D eigenvalue weighted by atomic mass is 10.1. The van der Waals surface area contributed by atoms with Crippen molar-refractivity contribution in [3.05, 3.63) is 12.4 Å². The zero-order valence-corrected chi connectivity index (χ0v) is 35.2. The average Bonchev–Trinajstić information content (AvgIpc) is 3.67. The maximum absolute atomic E-state index is 13.8. The minimum atomic E-state index is -5.23. The van der Waals surface area contributed by atoms with Crippen molar-refractivity contribution in [2.45, 2.75) is 166 Å². The van der Waals surface area contributed by atoms with Crippen LogP contribution in [0.4, 0.5) is 10.2 Å². The Kier molecular flexibility index (Phi) is 22.1. The molecule has 8 atom stereocenters. The molecule has 0 saturated carbocycles. The molecular formula is C35H64FN5O11P2S. The number of phosphoric ester groups is 2. The van der Waals surface area contributed by atoms with Gasteiger partial charge in [-0.3, -0.25) is 13.6 Å². The summed E-state index contributed by atoms with van der Waals surface area (Å²) in [6.45, 7) is 5.61. The Bertz CT molecular complexity index is 1480. The van der Waals surface area contributed by atoms with E-state index in [4.69, 9.17) is 24.3 Å². The molecule has 1 aliphatic rings. The first kappa shape index (κ1) is 48.1. The number of aliphatic hydroxyl groups is 2. The Labute approximate surface area is 329 Å². The van der Waals surface area contributed by atoms with E-state index in [1.165, 1.54) is 89.9 Å². The predicted octanol–water partition coefficient (Wildman–Crippen LogP) is 7.60. The lowest BCUT2D eigenvalue weighted by molar-refractivity contribution is -0.0504. The van der Waals surface area contributed by atoms with Crippen LogP contribution >= 0.6 is 27.4 Å². The number of thioether (sulfide) groups is 1. The second-order valence-electron chi connectivity index (χ2n) is 14.1. The van der Waals surface area contributed by atoms with Crippen LogP contribution in [0.25, 0.3) is 11.2 Å². The summed E-state index contributed by atoms with van der Waals surface area (Å²) in [5.74, 6) is 0.828. The van der Waals surface area contributed by atoms with Gasteiger partial charge in [0.2, 0.25) is 0 Å². The number of nitrogen functional groups attached to an aromatic ring is 1. The smallest absolute Gasteiger partial charge is 0.387 e. The van der Waals surface area contributed by atoms with Crippen LogP contribution in [0.2, 0.25) is 0 Å². The summed E-state index contributed by atoms with van der Waals surface area (Å²) in [5.41, 5.74) is 5.56. The summed E-state index contributed by atoms with van der Waals surface area (Å²) >= 11 is 1.96. The number of anilines is 1. The number of aromatic nitrogens is 4. The number of halogens is 1. The third-order valence-corrected chi connectivity index (χ3v) is 13.7. The summed E-state index contributed by atoms with van der Waals surface area (Å²) in [6, 6.07) is 0. The number of unbranched alkanes of at least 4 members (excludes halogenated alkanes) is 13. The standard InChI is InChI=1S/C35H64FN5O11P2S/c1-4-6-8-10-11-12-13-14-16-18-23-55-28(20-17-15-9-7-5-2)26(3)48-21-19-22-49-53(44,45)52-54(46,47)50-24-27-30(42)31(43)34(51-27)41-25-38-29-32(37)39-35(36)40-33(29)41/h25-28,30-31,34,42-43H,4-24H2,1-3H3,(H,44,45)(H,46,47)(H2,37,39,40)/t26?,27-,28?,30-,31-,34-/m1/s1. The van der Waals surface area contributed by atoms with Gasteiger partial charge in [-0.1, -0.05) is 104 Å². The van der Waals surface area contributed by atoms with Gasteiger partial charge in [0.15, 0.2) is 23.2 Å². The number of imidazole rings is 1. The topological polar surface area (TPSA) is 231 Å². The van der Waals surface area contributed by atoms with Gasteiger partial charge in [-0.05, 0) is 31.9 Å². The van der Waals surface area contributed by atoms with E-state index in [9.17, 15) is 33.5 Å². The molecule has 2 aromatic rings. The fraction of sp³-hybridized carbons (Fsp3) is 0.857. The number of hydrogen-bond acceptors (Lipinski definition) is 14. The number of phosphoric acid groups is 2. The molecule has 1 saturated heterocycles. The van der Waals surface area contributed by atoms with Crippen molar-refractivity contribution < 1.29 is 56.4 Å². The predicted molar refractivity (Wildman–Crippen MR) is 210 cm³/mol. The summed E-state index contributed by atoms with van der Waals surface area (Å²) in [7, 11) is -10.3. The molecule has 0 amide bonds. The molecule has 2 aromatic heterocycles. The van der Waals surface area contributed by atoms with Crippen molar-refractivity contribution in [2.24, 2.45) is 0 Å². The molecule has 1 fully saturated rings. The van der Waals surface area contributed by atoms with E-state index in [2.05, 4.69) is 40.0 Å². The molecule has 0 bridgehead atoms. The third-order valence-electron chi connectivity index (χ3n) is 9.51. The van der Waals surface area contributed by atoms with Gasteiger partial charge in [0, 0.05) is 11.9 Å². The highest BCUT2D eigenvalue weighted by Crippen LogP contribution is 2.60. The second kappa shape index (κ2) is 25.3. The van der Waals surface area contributed by atoms with E-state index in [1.54, 1.807) is 0 Å². The number of hydrogen-bond donors (Lipinski definition) is 5. The minimum Gasteiger partial charge on any atom is -0.387 e. The molecule has 4 unspecified atom stereocenters. The Morgan fingerprint density at radius 3 is 2.13 bits per heavy atom. The lowest BCUT2D eigenvalue weighted by Crippen LogP contribution is -2.33. The van der Waals surface area contributed by atoms with Crippen molar-refractivity contribution >= 4 is 44.4 Å². The highest BCUT2D eigenvalue weighted by atomic mass is 32.2. The first-order valence-electron chi connectivity index (χ1n) is 19.8. The summed E-state index contributed by atoms with van der Waals surface area (Å²) < 4.78 is 65.7. The van der Waals surface area contributed by atoms with E-state index >= 15 is 0 Å². The van der Waals surface area contributed by atoms with Crippen molar-refractivity contribution in [2.75, 3.05) is 31.3 Å². The van der Waals surface area contributed by atoms with Gasteiger partial charge in [-0.2, -0.15) is 30.4 Å². The highest BCUT2D eigenvalue weighted by Gasteiger charge is 2.46. The van der Waals surface area contributed by atoms with Crippen LogP contribution in [0, 0.1) is 6.08 Å². The fourth-order valence-electron chi connectivity index (χ4n) is 6.38. The molecule has 318 valence electrons. The highest BCUT2D eigenvalue weighted by molar-refractivity contribution is 7.99. The molecule has 20 heteroatoms. The normalized spacial score (nSPS) is 22.2. The van der Waals surface area contributed by atoms with Gasteiger partial charge >= 0.3 is 21.7 Å². The Balaban J connectivity index is 1.37. The van der Waals surface area contributed by atoms with Gasteiger partial charge in [0.05, 0.1) is 25.6 Å². The molecule has 16 nitrogen and oxygen atoms in total. The second-order valence-corrected chi connectivity index (χ2v) is 18.5. The van der Waals surface area contributed by atoms with E-state index < -0.39 is 52.9 Å². The largest absolute Gasteiger partial charge is 0.481 e. The molecule has 55 heavy (non-hydrogen) atoms. The Morgan fingerprint density at radius 2 is 1.47 bits per heavy atom. The molecular weight excluding hydrogens is 779 g/mol. The molecule has 0 aliphatic carbocycles. The lowest BCUT2D eigenvalue weighted by Gasteiger charge is -2.24. The van der Waals surface area contributed by atoms with Gasteiger partial charge in [0.25, 0.3) is 0 Å². The van der Waals surface area contributed by atoms with Crippen LogP contribution in [0.3, 0.4) is 0 Å². The van der Waals surface area contributed by atoms with Gasteiger partial charge < -0.3 is 35.2 Å². The van der Waals surface area contributed by atoms with Crippen LogP contribution in [0.5, 0.6) is 0 Å². The number of rotatable bonds is 31. The van der Waals surface area contributed by atoms with Crippen LogP contribution < -0.4 is 5.73 Å². The number of nitrogens with two attached hydrogens (primary N) is 1. The molecule has 0 aromatic carbocycles.